The molecule has 2 rings (SSSR count). The molecule has 0 unspecified atom stereocenters. The zero-order valence-electron chi connectivity index (χ0n) is 11.1. The number of carboxylic acids is 1. The largest absolute Gasteiger partial charge is 0.480 e. The first-order chi connectivity index (χ1) is 9.43. The summed E-state index contributed by atoms with van der Waals surface area (Å²) < 4.78 is 0. The Bertz CT molecular complexity index is 546. The molecule has 1 fully saturated rings. The van der Waals surface area contributed by atoms with E-state index in [4.69, 9.17) is 0 Å². The van der Waals surface area contributed by atoms with Crippen LogP contribution in [-0.4, -0.2) is 28.4 Å². The minimum Gasteiger partial charge on any atom is -0.480 e. The smallest absolute Gasteiger partial charge is 0.329 e. The van der Waals surface area contributed by atoms with Gasteiger partial charge >= 0.3 is 5.97 Å². The Balaban J connectivity index is 2.09. The van der Waals surface area contributed by atoms with E-state index in [-0.39, 0.29) is 5.91 Å². The second-order valence-corrected chi connectivity index (χ2v) is 5.98. The number of aliphatic carboxylic acids is 1. The quantitative estimate of drug-likeness (QED) is 0.790. The van der Waals surface area contributed by atoms with Gasteiger partial charge in [-0.05, 0) is 25.0 Å². The summed E-state index contributed by atoms with van der Waals surface area (Å²) >= 11 is 1.13. The molecule has 0 radical (unpaired) electrons. The predicted octanol–water partition coefficient (Wildman–Crippen LogP) is 1.83. The Morgan fingerprint density at radius 1 is 1.25 bits per heavy atom. The third kappa shape index (κ3) is 2.98. The third-order valence-electron chi connectivity index (χ3n) is 3.35. The third-order valence-corrected chi connectivity index (χ3v) is 4.35. The van der Waals surface area contributed by atoms with E-state index in [1.165, 1.54) is 6.92 Å². The number of hydrogen-bond donors (Lipinski definition) is 3. The number of anilines is 1. The topological polar surface area (TPSA) is 95.5 Å². The van der Waals surface area contributed by atoms with E-state index >= 15 is 0 Å². The molecule has 7 heteroatoms. The Morgan fingerprint density at radius 2 is 1.90 bits per heavy atom. The SMILES string of the molecule is CC(=O)Nc1ccc(C(=O)NC2(C(=O)O)CCCC2)s1. The highest BCUT2D eigenvalue weighted by atomic mass is 32.1. The van der Waals surface area contributed by atoms with Gasteiger partial charge in [-0.15, -0.1) is 11.3 Å². The Morgan fingerprint density at radius 3 is 2.45 bits per heavy atom. The molecule has 2 amide bonds. The van der Waals surface area contributed by atoms with Crippen molar-refractivity contribution in [3.05, 3.63) is 17.0 Å². The van der Waals surface area contributed by atoms with Crippen molar-refractivity contribution < 1.29 is 19.5 Å². The van der Waals surface area contributed by atoms with Crippen molar-refractivity contribution in [2.45, 2.75) is 38.1 Å². The summed E-state index contributed by atoms with van der Waals surface area (Å²) in [5, 5.41) is 15.1. The molecule has 0 aliphatic heterocycles. The molecule has 1 aliphatic carbocycles. The van der Waals surface area contributed by atoms with E-state index in [0.29, 0.717) is 22.7 Å². The Hall–Kier alpha value is -1.89. The standard InChI is InChI=1S/C13H16N2O4S/c1-8(16)14-10-5-4-9(20-10)11(17)15-13(12(18)19)6-2-3-7-13/h4-5H,2-3,6-7H2,1H3,(H,14,16)(H,15,17)(H,18,19). The van der Waals surface area contributed by atoms with E-state index < -0.39 is 17.4 Å². The number of hydrogen-bond acceptors (Lipinski definition) is 4. The van der Waals surface area contributed by atoms with Crippen LogP contribution in [0.1, 0.15) is 42.3 Å². The van der Waals surface area contributed by atoms with Crippen molar-refractivity contribution in [2.75, 3.05) is 5.32 Å². The van der Waals surface area contributed by atoms with Crippen LogP contribution in [-0.2, 0) is 9.59 Å². The second kappa shape index (κ2) is 5.62. The van der Waals surface area contributed by atoms with Crippen LogP contribution in [0.5, 0.6) is 0 Å². The molecular formula is C13H16N2O4S. The highest BCUT2D eigenvalue weighted by Crippen LogP contribution is 2.31. The van der Waals surface area contributed by atoms with E-state index in [1.807, 2.05) is 0 Å². The fourth-order valence-corrected chi connectivity index (χ4v) is 3.20. The summed E-state index contributed by atoms with van der Waals surface area (Å²) in [6.07, 6.45) is 2.51. The number of carbonyl (C=O) groups is 3. The predicted molar refractivity (Wildman–Crippen MR) is 74.9 cm³/mol. The van der Waals surface area contributed by atoms with Crippen molar-refractivity contribution in [3.63, 3.8) is 0 Å². The molecule has 3 N–H and O–H groups in total. The van der Waals surface area contributed by atoms with E-state index in [9.17, 15) is 19.5 Å². The fourth-order valence-electron chi connectivity index (χ4n) is 2.35. The number of rotatable bonds is 4. The van der Waals surface area contributed by atoms with Crippen molar-refractivity contribution in [2.24, 2.45) is 0 Å². The lowest BCUT2D eigenvalue weighted by molar-refractivity contribution is -0.144. The molecule has 6 nitrogen and oxygen atoms in total. The van der Waals surface area contributed by atoms with Gasteiger partial charge in [0.2, 0.25) is 5.91 Å². The number of carboxylic acid groups (broad SMARTS) is 1. The average molecular weight is 296 g/mol. The van der Waals surface area contributed by atoms with Crippen molar-refractivity contribution in [1.82, 2.24) is 5.32 Å². The summed E-state index contributed by atoms with van der Waals surface area (Å²) in [6, 6.07) is 3.21. The van der Waals surface area contributed by atoms with Gasteiger partial charge in [0.25, 0.3) is 5.91 Å². The van der Waals surface area contributed by atoms with Crippen LogP contribution >= 0.6 is 11.3 Å². The first-order valence-corrected chi connectivity index (χ1v) is 7.18. The zero-order chi connectivity index (χ0) is 14.8. The molecule has 1 aromatic heterocycles. The Labute approximate surface area is 120 Å². The van der Waals surface area contributed by atoms with E-state index in [1.54, 1.807) is 12.1 Å². The summed E-state index contributed by atoms with van der Waals surface area (Å²) in [5.74, 6) is -1.60. The minimum absolute atomic E-state index is 0.211. The number of amides is 2. The van der Waals surface area contributed by atoms with Crippen molar-refractivity contribution in [1.29, 1.82) is 0 Å². The summed E-state index contributed by atoms with van der Waals surface area (Å²) in [5.41, 5.74) is -1.14. The van der Waals surface area contributed by atoms with Crippen LogP contribution in [0.4, 0.5) is 5.00 Å². The van der Waals surface area contributed by atoms with Crippen LogP contribution in [0.15, 0.2) is 12.1 Å². The van der Waals surface area contributed by atoms with Gasteiger partial charge in [0.1, 0.15) is 5.54 Å². The lowest BCUT2D eigenvalue weighted by Crippen LogP contribution is -2.52. The average Bonchev–Trinajstić information content (AvgIpc) is 2.98. The van der Waals surface area contributed by atoms with Crippen LogP contribution in [0.3, 0.4) is 0 Å². The molecule has 1 saturated carbocycles. The van der Waals surface area contributed by atoms with E-state index in [0.717, 1.165) is 24.2 Å². The maximum Gasteiger partial charge on any atom is 0.329 e. The first kappa shape index (κ1) is 14.5. The molecule has 1 heterocycles. The lowest BCUT2D eigenvalue weighted by Gasteiger charge is -2.24. The van der Waals surface area contributed by atoms with Crippen LogP contribution in [0, 0.1) is 0 Å². The maximum absolute atomic E-state index is 12.1. The van der Waals surface area contributed by atoms with Gasteiger partial charge in [-0.3, -0.25) is 9.59 Å². The van der Waals surface area contributed by atoms with Gasteiger partial charge < -0.3 is 15.7 Å². The minimum atomic E-state index is -1.14. The van der Waals surface area contributed by atoms with Gasteiger partial charge in [-0.2, -0.15) is 0 Å². The molecule has 1 aliphatic rings. The van der Waals surface area contributed by atoms with Gasteiger partial charge in [0.15, 0.2) is 0 Å². The highest BCUT2D eigenvalue weighted by molar-refractivity contribution is 7.18. The molecule has 0 saturated heterocycles. The lowest BCUT2D eigenvalue weighted by atomic mass is 9.98. The molecule has 0 aromatic carbocycles. The van der Waals surface area contributed by atoms with Gasteiger partial charge in [-0.1, -0.05) is 12.8 Å². The first-order valence-electron chi connectivity index (χ1n) is 6.36. The molecule has 0 spiro atoms. The Kier molecular flexibility index (Phi) is 4.08. The highest BCUT2D eigenvalue weighted by Gasteiger charge is 2.42. The molecule has 20 heavy (non-hydrogen) atoms. The van der Waals surface area contributed by atoms with Crippen molar-refractivity contribution >= 4 is 34.1 Å². The number of nitrogens with one attached hydrogen (secondary N) is 2. The van der Waals surface area contributed by atoms with Crippen LogP contribution in [0.25, 0.3) is 0 Å². The summed E-state index contributed by atoms with van der Waals surface area (Å²) in [4.78, 5) is 34.8. The van der Waals surface area contributed by atoms with Crippen LogP contribution in [0.2, 0.25) is 0 Å². The zero-order valence-corrected chi connectivity index (χ0v) is 11.9. The number of thiophene rings is 1. The maximum atomic E-state index is 12.1. The van der Waals surface area contributed by atoms with Gasteiger partial charge in [-0.25, -0.2) is 4.79 Å². The fraction of sp³-hybridized carbons (Fsp3) is 0.462. The normalized spacial score (nSPS) is 16.6. The van der Waals surface area contributed by atoms with Crippen molar-refractivity contribution in [3.8, 4) is 0 Å². The van der Waals surface area contributed by atoms with Crippen LogP contribution < -0.4 is 10.6 Å². The number of carbonyl (C=O) groups excluding carboxylic acids is 2. The molecule has 0 bridgehead atoms. The van der Waals surface area contributed by atoms with Gasteiger partial charge in [0, 0.05) is 6.92 Å². The molecule has 108 valence electrons. The summed E-state index contributed by atoms with van der Waals surface area (Å²) in [6.45, 7) is 1.39. The second-order valence-electron chi connectivity index (χ2n) is 4.89. The van der Waals surface area contributed by atoms with Gasteiger partial charge in [0.05, 0.1) is 9.88 Å². The summed E-state index contributed by atoms with van der Waals surface area (Å²) in [7, 11) is 0. The molecule has 1 aromatic rings. The van der Waals surface area contributed by atoms with E-state index in [2.05, 4.69) is 10.6 Å². The molecule has 0 atom stereocenters. The molecular weight excluding hydrogens is 280 g/mol. The monoisotopic (exact) mass is 296 g/mol.